The number of pyridine rings is 1. The van der Waals surface area contributed by atoms with E-state index in [2.05, 4.69) is 200 Å². The first kappa shape index (κ1) is 33.4. The van der Waals surface area contributed by atoms with E-state index in [1.165, 1.54) is 49.9 Å². The quantitative estimate of drug-likeness (QED) is 0.176. The zero-order valence-corrected chi connectivity index (χ0v) is 32.0. The molecule has 0 bridgehead atoms. The summed E-state index contributed by atoms with van der Waals surface area (Å²) in [6.07, 6.45) is 0. The number of nitrogens with zero attached hydrogens (tertiary/aromatic N) is 3. The van der Waals surface area contributed by atoms with Crippen molar-refractivity contribution < 1.29 is 0 Å². The minimum atomic E-state index is -0.461. The van der Waals surface area contributed by atoms with Gasteiger partial charge in [-0.1, -0.05) is 206 Å². The Morgan fingerprint density at radius 3 is 1.34 bits per heavy atom. The topological polar surface area (TPSA) is 38.7 Å². The van der Waals surface area contributed by atoms with Gasteiger partial charge in [-0.2, -0.15) is 0 Å². The first-order valence-corrected chi connectivity index (χ1v) is 20.2. The van der Waals surface area contributed by atoms with Gasteiger partial charge >= 0.3 is 0 Å². The number of benzene rings is 8. The third-order valence-corrected chi connectivity index (χ3v) is 12.3. The smallest absolute Gasteiger partial charge is 0.160 e. The minimum Gasteiger partial charge on any atom is -0.247 e. The molecule has 0 saturated carbocycles. The van der Waals surface area contributed by atoms with Gasteiger partial charge in [0, 0.05) is 38.8 Å². The second kappa shape index (κ2) is 13.2. The van der Waals surface area contributed by atoms with Crippen LogP contribution in [0.2, 0.25) is 0 Å². The predicted octanol–water partition coefficient (Wildman–Crippen LogP) is 13.7. The summed E-state index contributed by atoms with van der Waals surface area (Å²) < 4.78 is 0. The maximum atomic E-state index is 5.67. The third-order valence-electron chi connectivity index (χ3n) is 12.3. The molecule has 274 valence electrons. The molecule has 2 aromatic heterocycles. The molecule has 0 saturated heterocycles. The van der Waals surface area contributed by atoms with E-state index in [1.807, 2.05) is 12.1 Å². The lowest BCUT2D eigenvalue weighted by molar-refractivity contribution is 0.799. The van der Waals surface area contributed by atoms with Crippen molar-refractivity contribution in [2.24, 2.45) is 0 Å². The van der Waals surface area contributed by atoms with Gasteiger partial charge in [-0.25, -0.2) is 15.0 Å². The van der Waals surface area contributed by atoms with Crippen molar-refractivity contribution in [3.8, 4) is 78.7 Å². The summed E-state index contributed by atoms with van der Waals surface area (Å²) in [5.41, 5.74) is 18.8. The van der Waals surface area contributed by atoms with E-state index in [-0.39, 0.29) is 0 Å². The molecule has 1 spiro atoms. The van der Waals surface area contributed by atoms with Crippen LogP contribution in [0.5, 0.6) is 0 Å². The van der Waals surface area contributed by atoms with Gasteiger partial charge in [0.05, 0.1) is 28.2 Å². The molecule has 3 nitrogen and oxygen atoms in total. The van der Waals surface area contributed by atoms with Gasteiger partial charge in [-0.15, -0.1) is 0 Å². The van der Waals surface area contributed by atoms with Crippen LogP contribution in [0.25, 0.3) is 89.4 Å². The fraction of sp³-hybridized carbons (Fsp3) is 0.0179. The Morgan fingerprint density at radius 2 is 0.712 bits per heavy atom. The summed E-state index contributed by atoms with van der Waals surface area (Å²) in [5.74, 6) is 0.693. The van der Waals surface area contributed by atoms with E-state index in [0.717, 1.165) is 56.0 Å². The Balaban J connectivity index is 1.00. The normalized spacial score (nSPS) is 12.9. The fourth-order valence-corrected chi connectivity index (χ4v) is 9.73. The van der Waals surface area contributed by atoms with Gasteiger partial charge in [0.1, 0.15) is 0 Å². The number of aromatic nitrogens is 3. The van der Waals surface area contributed by atoms with Crippen LogP contribution >= 0.6 is 0 Å². The molecule has 3 heteroatoms. The summed E-state index contributed by atoms with van der Waals surface area (Å²) in [4.78, 5) is 15.9. The summed E-state index contributed by atoms with van der Waals surface area (Å²) in [5, 5.41) is 2.37. The van der Waals surface area contributed by atoms with Gasteiger partial charge in [-0.3, -0.25) is 0 Å². The molecule has 0 atom stereocenters. The Bertz CT molecular complexity index is 3200. The lowest BCUT2D eigenvalue weighted by Crippen LogP contribution is -2.26. The highest BCUT2D eigenvalue weighted by Crippen LogP contribution is 2.64. The van der Waals surface area contributed by atoms with E-state index in [1.54, 1.807) is 0 Å². The fourth-order valence-electron chi connectivity index (χ4n) is 9.73. The molecule has 2 aliphatic rings. The van der Waals surface area contributed by atoms with Crippen molar-refractivity contribution >= 4 is 10.8 Å². The van der Waals surface area contributed by atoms with Crippen LogP contribution < -0.4 is 0 Å². The van der Waals surface area contributed by atoms with Crippen molar-refractivity contribution in [1.29, 1.82) is 0 Å². The zero-order chi connectivity index (χ0) is 38.9. The van der Waals surface area contributed by atoms with Crippen molar-refractivity contribution in [3.63, 3.8) is 0 Å². The zero-order valence-electron chi connectivity index (χ0n) is 32.0. The third kappa shape index (κ3) is 5.05. The number of hydrogen-bond acceptors (Lipinski definition) is 3. The number of rotatable bonds is 5. The van der Waals surface area contributed by atoms with E-state index in [4.69, 9.17) is 15.0 Å². The molecule has 0 fully saturated rings. The largest absolute Gasteiger partial charge is 0.247 e. The molecule has 12 rings (SSSR count). The van der Waals surface area contributed by atoms with E-state index in [9.17, 15) is 0 Å². The summed E-state index contributed by atoms with van der Waals surface area (Å²) >= 11 is 0. The van der Waals surface area contributed by atoms with Gasteiger partial charge in [0.25, 0.3) is 0 Å². The minimum absolute atomic E-state index is 0.461. The van der Waals surface area contributed by atoms with Crippen LogP contribution in [-0.2, 0) is 5.41 Å². The first-order valence-electron chi connectivity index (χ1n) is 20.2. The van der Waals surface area contributed by atoms with Crippen LogP contribution in [0.3, 0.4) is 0 Å². The molecule has 2 aliphatic carbocycles. The Morgan fingerprint density at radius 1 is 0.288 bits per heavy atom. The van der Waals surface area contributed by atoms with Gasteiger partial charge < -0.3 is 0 Å². The monoisotopic (exact) mass is 749 g/mol. The van der Waals surface area contributed by atoms with Gasteiger partial charge in [-0.05, 0) is 50.4 Å². The molecule has 2 heterocycles. The maximum Gasteiger partial charge on any atom is 0.160 e. The molecule has 0 radical (unpaired) electrons. The first-order chi connectivity index (χ1) is 29.3. The second-order valence-corrected chi connectivity index (χ2v) is 15.5. The molecule has 8 aromatic carbocycles. The molecular weight excluding hydrogens is 715 g/mol. The highest BCUT2D eigenvalue weighted by atomic mass is 14.9. The van der Waals surface area contributed by atoms with Crippen LogP contribution in [0.1, 0.15) is 22.3 Å². The average Bonchev–Trinajstić information content (AvgIpc) is 3.79. The number of hydrogen-bond donors (Lipinski definition) is 0. The summed E-state index contributed by atoms with van der Waals surface area (Å²) in [7, 11) is 0. The van der Waals surface area contributed by atoms with E-state index in [0.29, 0.717) is 5.82 Å². The van der Waals surface area contributed by atoms with Gasteiger partial charge in [0.2, 0.25) is 0 Å². The predicted molar refractivity (Wildman–Crippen MR) is 241 cm³/mol. The Kier molecular flexibility index (Phi) is 7.45. The summed E-state index contributed by atoms with van der Waals surface area (Å²) in [6, 6.07) is 75.8. The SMILES string of the molecule is c1ccc(-c2ccc(-c3nc(-c4ccccc4)cc(-c4ccc(-c5nc6c(c7ccccc57)C5(c7ccccc7-c7ccccc75)c5ccccc5-6)cc4)n3)cc2)cc1. The molecule has 0 unspecified atom stereocenters. The van der Waals surface area contributed by atoms with E-state index >= 15 is 0 Å². The lowest BCUT2D eigenvalue weighted by atomic mass is 9.69. The molecule has 0 aliphatic heterocycles. The molecular formula is C56H35N3. The van der Waals surface area contributed by atoms with Crippen LogP contribution in [-0.4, -0.2) is 15.0 Å². The standard InChI is InChI=1S/C56H35N3/c1-3-15-36(16-4-1)37-27-33-41(34-28-37)55-57-50(38-17-5-2-6-18-38)35-51(58-55)39-29-31-40(32-30-39)53-45-22-8-7-21-44(45)52-54(59-53)46-23-11-14-26-49(46)56(52)47-24-12-9-19-42(47)43-20-10-13-25-48(43)56/h1-35H. The average molecular weight is 750 g/mol. The van der Waals surface area contributed by atoms with E-state index < -0.39 is 5.41 Å². The Hall–Kier alpha value is -7.75. The highest BCUT2D eigenvalue weighted by Gasteiger charge is 2.53. The Labute approximate surface area is 343 Å². The highest BCUT2D eigenvalue weighted by molar-refractivity contribution is 6.06. The van der Waals surface area contributed by atoms with Crippen LogP contribution in [0.4, 0.5) is 0 Å². The van der Waals surface area contributed by atoms with Crippen molar-refractivity contribution in [2.75, 3.05) is 0 Å². The maximum absolute atomic E-state index is 5.67. The molecule has 10 aromatic rings. The van der Waals surface area contributed by atoms with Crippen molar-refractivity contribution in [1.82, 2.24) is 15.0 Å². The lowest BCUT2D eigenvalue weighted by Gasteiger charge is -2.31. The van der Waals surface area contributed by atoms with Gasteiger partial charge in [0.15, 0.2) is 5.82 Å². The summed E-state index contributed by atoms with van der Waals surface area (Å²) in [6.45, 7) is 0. The van der Waals surface area contributed by atoms with Crippen LogP contribution in [0.15, 0.2) is 212 Å². The van der Waals surface area contributed by atoms with Crippen molar-refractivity contribution in [3.05, 3.63) is 235 Å². The van der Waals surface area contributed by atoms with Crippen molar-refractivity contribution in [2.45, 2.75) is 5.41 Å². The molecule has 59 heavy (non-hydrogen) atoms. The number of fused-ring (bicyclic) bond motifs is 12. The molecule has 0 amide bonds. The van der Waals surface area contributed by atoms with Crippen LogP contribution in [0, 0.1) is 0 Å². The molecule has 0 N–H and O–H groups in total. The second-order valence-electron chi connectivity index (χ2n) is 15.5.